The molecule has 0 bridgehead atoms. The smallest absolute Gasteiger partial charge is 0.347 e. The van der Waals surface area contributed by atoms with E-state index in [9.17, 15) is 18.0 Å². The molecule has 1 unspecified atom stereocenters. The Bertz CT molecular complexity index is 1170. The Labute approximate surface area is 233 Å². The average Bonchev–Trinajstić information content (AvgIpc) is 3.38. The Kier molecular flexibility index (Phi) is 13.0. The van der Waals surface area contributed by atoms with Crippen LogP contribution in [-0.4, -0.2) is 60.8 Å². The molecule has 2 aromatic rings. The molecule has 9 heteroatoms. The van der Waals surface area contributed by atoms with Gasteiger partial charge >= 0.3 is 5.97 Å². The van der Waals surface area contributed by atoms with Crippen molar-refractivity contribution in [2.24, 2.45) is 5.92 Å². The number of nitrogens with zero attached hydrogens (tertiary/aromatic N) is 1. The van der Waals surface area contributed by atoms with E-state index in [1.54, 1.807) is 25.6 Å². The average molecular weight is 566 g/mol. The predicted molar refractivity (Wildman–Crippen MR) is 156 cm³/mol. The molecule has 2 aromatic carbocycles. The molecule has 0 spiro atoms. The number of aryl methyl sites for hydroxylation is 3. The number of ether oxygens (including phenoxy) is 1. The van der Waals surface area contributed by atoms with Gasteiger partial charge in [-0.1, -0.05) is 45.0 Å². The van der Waals surface area contributed by atoms with Crippen molar-refractivity contribution in [3.05, 3.63) is 58.7 Å². The molecule has 1 saturated heterocycles. The summed E-state index contributed by atoms with van der Waals surface area (Å²) in [4.78, 5) is 24.4. The fourth-order valence-electron chi connectivity index (χ4n) is 3.94. The van der Waals surface area contributed by atoms with Gasteiger partial charge in [0.15, 0.2) is 11.4 Å². The van der Waals surface area contributed by atoms with Crippen LogP contribution in [0.4, 0.5) is 0 Å². The number of rotatable bonds is 8. The summed E-state index contributed by atoms with van der Waals surface area (Å²) in [5.74, 6) is -0.459. The zero-order chi connectivity index (χ0) is 29.3. The van der Waals surface area contributed by atoms with Crippen molar-refractivity contribution in [3.8, 4) is 5.75 Å². The fraction of sp³-hybridized carbons (Fsp3) is 0.517. The number of carboxylic acids is 1. The summed E-state index contributed by atoms with van der Waals surface area (Å²) in [5.41, 5.74) is 2.66. The number of aliphatic carboxylic acids is 1. The van der Waals surface area contributed by atoms with Gasteiger partial charge in [0.1, 0.15) is 5.75 Å². The molecule has 3 rings (SSSR count). The second-order valence-electron chi connectivity index (χ2n) is 9.53. The summed E-state index contributed by atoms with van der Waals surface area (Å²) in [5, 5.41) is 9.06. The Hall–Kier alpha value is -2.36. The molecule has 1 aliphatic rings. The van der Waals surface area contributed by atoms with E-state index in [4.69, 9.17) is 9.84 Å². The molecule has 1 N–H and O–H groups in total. The summed E-state index contributed by atoms with van der Waals surface area (Å²) in [7, 11) is -3.18. The number of carbonyl (C=O) groups is 2. The SMILES string of the molecule is CC.CCc1cc(C)c(OC(C)(C)C(=O)O)c(C)c1.CSc1ccc(C(=O)C2CCN(S(C)(=O)=O)C2)cc1. The van der Waals surface area contributed by atoms with Crippen molar-refractivity contribution in [2.45, 2.75) is 71.8 Å². The largest absolute Gasteiger partial charge is 0.478 e. The summed E-state index contributed by atoms with van der Waals surface area (Å²) in [6, 6.07) is 11.6. The predicted octanol–water partition coefficient (Wildman–Crippen LogP) is 6.01. The van der Waals surface area contributed by atoms with E-state index in [0.717, 1.165) is 22.4 Å². The lowest BCUT2D eigenvalue weighted by atomic mass is 9.97. The highest BCUT2D eigenvalue weighted by Crippen LogP contribution is 2.29. The Morgan fingerprint density at radius 3 is 2.03 bits per heavy atom. The molecule has 1 heterocycles. The zero-order valence-electron chi connectivity index (χ0n) is 24.1. The van der Waals surface area contributed by atoms with E-state index in [0.29, 0.717) is 30.8 Å². The van der Waals surface area contributed by atoms with Crippen molar-refractivity contribution < 1.29 is 27.9 Å². The maximum atomic E-state index is 12.3. The Morgan fingerprint density at radius 2 is 1.63 bits per heavy atom. The highest BCUT2D eigenvalue weighted by molar-refractivity contribution is 7.98. The highest BCUT2D eigenvalue weighted by Gasteiger charge is 2.33. The second-order valence-corrected chi connectivity index (χ2v) is 12.4. The Morgan fingerprint density at radius 1 is 1.11 bits per heavy atom. The van der Waals surface area contributed by atoms with Gasteiger partial charge < -0.3 is 9.84 Å². The molecule has 38 heavy (non-hydrogen) atoms. The van der Waals surface area contributed by atoms with Gasteiger partial charge in [-0.2, -0.15) is 0 Å². The molecule has 0 amide bonds. The first-order valence-corrected chi connectivity index (χ1v) is 15.9. The van der Waals surface area contributed by atoms with Crippen LogP contribution in [0.25, 0.3) is 0 Å². The van der Waals surface area contributed by atoms with Crippen LogP contribution in [0.15, 0.2) is 41.3 Å². The summed E-state index contributed by atoms with van der Waals surface area (Å²) in [6.45, 7) is 13.8. The lowest BCUT2D eigenvalue weighted by molar-refractivity contribution is -0.152. The minimum Gasteiger partial charge on any atom is -0.478 e. The molecule has 7 nitrogen and oxygen atoms in total. The third-order valence-electron chi connectivity index (χ3n) is 6.17. The van der Waals surface area contributed by atoms with E-state index in [-0.39, 0.29) is 11.7 Å². The standard InChI is InChI=1S/C14H20O3.C13H17NO3S2.C2H6/c1-6-11-7-9(2)12(10(3)8-11)17-14(4,5)13(15)16;1-18-12-5-3-10(4-6-12)13(15)11-7-8-14(9-11)19(2,16)17;1-2/h7-8H,6H2,1-5H3,(H,15,16);3-6,11H,7-9H2,1-2H3;1-2H3. The van der Waals surface area contributed by atoms with E-state index in [1.165, 1.54) is 16.1 Å². The van der Waals surface area contributed by atoms with Gasteiger partial charge in [0.05, 0.1) is 6.26 Å². The minimum absolute atomic E-state index is 0.0406. The minimum atomic E-state index is -3.18. The molecular weight excluding hydrogens is 522 g/mol. The van der Waals surface area contributed by atoms with Crippen LogP contribution in [0.1, 0.15) is 68.1 Å². The van der Waals surface area contributed by atoms with Gasteiger partial charge in [0.25, 0.3) is 0 Å². The normalized spacial score (nSPS) is 15.6. The molecule has 1 fully saturated rings. The Balaban J connectivity index is 0.000000359. The molecule has 0 radical (unpaired) electrons. The van der Waals surface area contributed by atoms with E-state index in [2.05, 4.69) is 6.92 Å². The third-order valence-corrected chi connectivity index (χ3v) is 8.18. The number of carboxylic acid groups (broad SMARTS) is 1. The van der Waals surface area contributed by atoms with Gasteiger partial charge in [0.2, 0.25) is 10.0 Å². The third kappa shape index (κ3) is 9.43. The van der Waals surface area contributed by atoms with Gasteiger partial charge in [-0.3, -0.25) is 4.79 Å². The molecule has 0 aromatic heterocycles. The molecule has 1 atom stereocenters. The fourth-order valence-corrected chi connectivity index (χ4v) is 5.23. The van der Waals surface area contributed by atoms with Crippen LogP contribution < -0.4 is 4.74 Å². The van der Waals surface area contributed by atoms with Crippen molar-refractivity contribution in [1.29, 1.82) is 0 Å². The van der Waals surface area contributed by atoms with Crippen molar-refractivity contribution in [3.63, 3.8) is 0 Å². The maximum absolute atomic E-state index is 12.3. The van der Waals surface area contributed by atoms with Crippen molar-refractivity contribution in [1.82, 2.24) is 4.31 Å². The topological polar surface area (TPSA) is 101 Å². The maximum Gasteiger partial charge on any atom is 0.347 e. The van der Waals surface area contributed by atoms with Crippen LogP contribution >= 0.6 is 11.8 Å². The van der Waals surface area contributed by atoms with E-state index >= 15 is 0 Å². The highest BCUT2D eigenvalue weighted by atomic mass is 32.2. The first-order chi connectivity index (χ1) is 17.7. The van der Waals surface area contributed by atoms with Gasteiger partial charge in [-0.25, -0.2) is 17.5 Å². The molecule has 0 saturated carbocycles. The van der Waals surface area contributed by atoms with Crippen molar-refractivity contribution >= 4 is 33.5 Å². The van der Waals surface area contributed by atoms with Crippen LogP contribution in [0.3, 0.4) is 0 Å². The number of hydrogen-bond donors (Lipinski definition) is 1. The van der Waals surface area contributed by atoms with Crippen LogP contribution in [0.5, 0.6) is 5.75 Å². The van der Waals surface area contributed by atoms with Gasteiger partial charge in [-0.05, 0) is 75.6 Å². The molecule has 0 aliphatic carbocycles. The number of benzene rings is 2. The quantitative estimate of drug-likeness (QED) is 0.309. The van der Waals surface area contributed by atoms with Crippen LogP contribution in [0.2, 0.25) is 0 Å². The van der Waals surface area contributed by atoms with Crippen molar-refractivity contribution in [2.75, 3.05) is 25.6 Å². The van der Waals surface area contributed by atoms with E-state index in [1.807, 2.05) is 70.3 Å². The molecule has 1 aliphatic heterocycles. The molecule has 212 valence electrons. The number of thioether (sulfide) groups is 1. The number of sulfonamides is 1. The second kappa shape index (κ2) is 14.7. The van der Waals surface area contributed by atoms with Gasteiger partial charge in [-0.15, -0.1) is 11.8 Å². The monoisotopic (exact) mass is 565 g/mol. The number of Topliss-reactive ketones (excluding diaryl/α,β-unsaturated/α-hetero) is 1. The number of hydrogen-bond acceptors (Lipinski definition) is 6. The summed E-state index contributed by atoms with van der Waals surface area (Å²) < 4.78 is 29.9. The first kappa shape index (κ1) is 33.7. The van der Waals surface area contributed by atoms with Crippen LogP contribution in [0, 0.1) is 19.8 Å². The summed E-state index contributed by atoms with van der Waals surface area (Å²) in [6.07, 6.45) is 4.74. The lowest BCUT2D eigenvalue weighted by Crippen LogP contribution is -2.38. The lowest BCUT2D eigenvalue weighted by Gasteiger charge is -2.24. The first-order valence-electron chi connectivity index (χ1n) is 12.9. The summed E-state index contributed by atoms with van der Waals surface area (Å²) >= 11 is 1.63. The molecular formula is C29H43NO6S2. The number of carbonyl (C=O) groups excluding carboxylic acids is 1. The van der Waals surface area contributed by atoms with Crippen LogP contribution in [-0.2, 0) is 21.2 Å². The zero-order valence-corrected chi connectivity index (χ0v) is 25.8. The van der Waals surface area contributed by atoms with E-state index < -0.39 is 21.6 Å². The number of ketones is 1. The van der Waals surface area contributed by atoms with Gasteiger partial charge in [0, 0.05) is 29.5 Å².